The standard InChI is InChI=1S/C16H17BrN4O2/c1-10-9-11(3-4-12(10)17)21-8-6-13(15(21)22)19-16-18-7-5-14(20-16)23-2/h3-5,7,9,13H,6,8H2,1-2H3,(H,18,19,20). The summed E-state index contributed by atoms with van der Waals surface area (Å²) in [4.78, 5) is 22.7. The zero-order valence-corrected chi connectivity index (χ0v) is 14.5. The number of carbonyl (C=O) groups is 1. The third kappa shape index (κ3) is 3.29. The monoisotopic (exact) mass is 376 g/mol. The lowest BCUT2D eigenvalue weighted by molar-refractivity contribution is -0.117. The second-order valence-electron chi connectivity index (χ2n) is 5.33. The molecule has 1 aromatic heterocycles. The molecule has 1 amide bonds. The van der Waals surface area contributed by atoms with Gasteiger partial charge >= 0.3 is 0 Å². The fraction of sp³-hybridized carbons (Fsp3) is 0.312. The van der Waals surface area contributed by atoms with Crippen molar-refractivity contribution in [1.82, 2.24) is 9.97 Å². The third-order valence-electron chi connectivity index (χ3n) is 3.80. The number of halogens is 1. The summed E-state index contributed by atoms with van der Waals surface area (Å²) >= 11 is 3.48. The first-order chi connectivity index (χ1) is 11.1. The average Bonchev–Trinajstić information content (AvgIpc) is 2.91. The third-order valence-corrected chi connectivity index (χ3v) is 4.69. The van der Waals surface area contributed by atoms with E-state index < -0.39 is 0 Å². The number of amides is 1. The lowest BCUT2D eigenvalue weighted by atomic mass is 10.2. The first-order valence-corrected chi connectivity index (χ1v) is 8.09. The number of rotatable bonds is 4. The number of anilines is 2. The Balaban J connectivity index is 1.74. The second-order valence-corrected chi connectivity index (χ2v) is 6.19. The predicted octanol–water partition coefficient (Wildman–Crippen LogP) is 2.77. The Morgan fingerprint density at radius 2 is 2.22 bits per heavy atom. The molecule has 7 heteroatoms. The zero-order valence-electron chi connectivity index (χ0n) is 12.9. The van der Waals surface area contributed by atoms with Gasteiger partial charge in [-0.2, -0.15) is 4.98 Å². The van der Waals surface area contributed by atoms with Crippen molar-refractivity contribution in [3.05, 3.63) is 40.5 Å². The van der Waals surface area contributed by atoms with Crippen LogP contribution in [0.4, 0.5) is 11.6 Å². The summed E-state index contributed by atoms with van der Waals surface area (Å²) in [7, 11) is 1.55. The van der Waals surface area contributed by atoms with E-state index >= 15 is 0 Å². The van der Waals surface area contributed by atoms with E-state index in [-0.39, 0.29) is 11.9 Å². The van der Waals surface area contributed by atoms with Gasteiger partial charge in [0.05, 0.1) is 7.11 Å². The van der Waals surface area contributed by atoms with E-state index in [1.54, 1.807) is 24.3 Å². The Labute approximate surface area is 143 Å². The van der Waals surface area contributed by atoms with Gasteiger partial charge in [-0.05, 0) is 37.1 Å². The van der Waals surface area contributed by atoms with Gasteiger partial charge in [0.1, 0.15) is 6.04 Å². The molecule has 120 valence electrons. The van der Waals surface area contributed by atoms with Gasteiger partial charge in [-0.1, -0.05) is 15.9 Å². The zero-order chi connectivity index (χ0) is 16.4. The minimum absolute atomic E-state index is 0.0261. The van der Waals surface area contributed by atoms with Crippen LogP contribution in [0.25, 0.3) is 0 Å². The van der Waals surface area contributed by atoms with E-state index in [1.807, 2.05) is 25.1 Å². The fourth-order valence-corrected chi connectivity index (χ4v) is 2.79. The number of methoxy groups -OCH3 is 1. The normalized spacial score (nSPS) is 17.4. The predicted molar refractivity (Wildman–Crippen MR) is 91.8 cm³/mol. The first kappa shape index (κ1) is 15.7. The fourth-order valence-electron chi connectivity index (χ4n) is 2.55. The van der Waals surface area contributed by atoms with E-state index in [2.05, 4.69) is 31.2 Å². The molecule has 1 atom stereocenters. The topological polar surface area (TPSA) is 67.3 Å². The van der Waals surface area contributed by atoms with Crippen molar-refractivity contribution < 1.29 is 9.53 Å². The summed E-state index contributed by atoms with van der Waals surface area (Å²) in [5, 5.41) is 3.09. The molecular formula is C16H17BrN4O2. The van der Waals surface area contributed by atoms with Crippen molar-refractivity contribution in [2.75, 3.05) is 23.9 Å². The lowest BCUT2D eigenvalue weighted by Crippen LogP contribution is -2.33. The van der Waals surface area contributed by atoms with Gasteiger partial charge < -0.3 is 15.0 Å². The van der Waals surface area contributed by atoms with Crippen LogP contribution in [-0.2, 0) is 4.79 Å². The van der Waals surface area contributed by atoms with Crippen molar-refractivity contribution in [3.8, 4) is 5.88 Å². The van der Waals surface area contributed by atoms with Gasteiger partial charge in [-0.15, -0.1) is 0 Å². The molecule has 1 aliphatic heterocycles. The van der Waals surface area contributed by atoms with Crippen LogP contribution in [0.1, 0.15) is 12.0 Å². The molecule has 1 saturated heterocycles. The Bertz CT molecular complexity index is 738. The van der Waals surface area contributed by atoms with E-state index in [0.717, 1.165) is 15.7 Å². The molecule has 0 spiro atoms. The van der Waals surface area contributed by atoms with Crippen LogP contribution in [0.2, 0.25) is 0 Å². The number of carbonyl (C=O) groups excluding carboxylic acids is 1. The van der Waals surface area contributed by atoms with Crippen LogP contribution < -0.4 is 15.0 Å². The van der Waals surface area contributed by atoms with Crippen LogP contribution in [-0.4, -0.2) is 35.6 Å². The van der Waals surface area contributed by atoms with Crippen molar-refractivity contribution in [1.29, 1.82) is 0 Å². The van der Waals surface area contributed by atoms with Crippen LogP contribution >= 0.6 is 15.9 Å². The lowest BCUT2D eigenvalue weighted by Gasteiger charge is -2.18. The van der Waals surface area contributed by atoms with Gasteiger partial charge in [0.2, 0.25) is 17.7 Å². The highest BCUT2D eigenvalue weighted by Crippen LogP contribution is 2.27. The smallest absolute Gasteiger partial charge is 0.249 e. The number of benzene rings is 1. The Hall–Kier alpha value is -2.15. The second kappa shape index (κ2) is 6.54. The molecule has 1 unspecified atom stereocenters. The molecular weight excluding hydrogens is 360 g/mol. The number of hydrogen-bond acceptors (Lipinski definition) is 5. The summed E-state index contributed by atoms with van der Waals surface area (Å²) in [5.41, 5.74) is 2.01. The molecule has 6 nitrogen and oxygen atoms in total. The summed E-state index contributed by atoms with van der Waals surface area (Å²) < 4.78 is 6.10. The van der Waals surface area contributed by atoms with Crippen LogP contribution in [0.5, 0.6) is 5.88 Å². The Morgan fingerprint density at radius 3 is 2.96 bits per heavy atom. The summed E-state index contributed by atoms with van der Waals surface area (Å²) in [6.07, 6.45) is 2.30. The highest BCUT2D eigenvalue weighted by atomic mass is 79.9. The maximum atomic E-state index is 12.6. The molecule has 1 aromatic carbocycles. The van der Waals surface area contributed by atoms with Crippen molar-refractivity contribution in [2.24, 2.45) is 0 Å². The maximum absolute atomic E-state index is 12.6. The quantitative estimate of drug-likeness (QED) is 0.888. The minimum atomic E-state index is -0.328. The number of ether oxygens (including phenoxy) is 1. The summed E-state index contributed by atoms with van der Waals surface area (Å²) in [6, 6.07) is 7.25. The molecule has 2 aromatic rings. The molecule has 1 fully saturated rings. The van der Waals surface area contributed by atoms with E-state index in [4.69, 9.17) is 4.74 Å². The van der Waals surface area contributed by atoms with E-state index in [1.165, 1.54) is 0 Å². The molecule has 3 rings (SSSR count). The number of nitrogens with zero attached hydrogens (tertiary/aromatic N) is 3. The van der Waals surface area contributed by atoms with Gasteiger partial charge in [0.25, 0.3) is 0 Å². The van der Waals surface area contributed by atoms with Crippen LogP contribution in [0, 0.1) is 6.92 Å². The molecule has 0 bridgehead atoms. The largest absolute Gasteiger partial charge is 0.481 e. The minimum Gasteiger partial charge on any atom is -0.481 e. The number of aromatic nitrogens is 2. The SMILES string of the molecule is COc1ccnc(NC2CCN(c3ccc(Br)c(C)c3)C2=O)n1. The highest BCUT2D eigenvalue weighted by molar-refractivity contribution is 9.10. The van der Waals surface area contributed by atoms with Crippen LogP contribution in [0.3, 0.4) is 0 Å². The number of nitrogens with one attached hydrogen (secondary N) is 1. The van der Waals surface area contributed by atoms with E-state index in [9.17, 15) is 4.79 Å². The van der Waals surface area contributed by atoms with E-state index in [0.29, 0.717) is 24.8 Å². The first-order valence-electron chi connectivity index (χ1n) is 7.29. The molecule has 0 aliphatic carbocycles. The maximum Gasteiger partial charge on any atom is 0.249 e. The van der Waals surface area contributed by atoms with Crippen molar-refractivity contribution in [2.45, 2.75) is 19.4 Å². The number of aryl methyl sites for hydroxylation is 1. The van der Waals surface area contributed by atoms with Gasteiger partial charge in [-0.3, -0.25) is 4.79 Å². The van der Waals surface area contributed by atoms with Crippen molar-refractivity contribution in [3.63, 3.8) is 0 Å². The van der Waals surface area contributed by atoms with Crippen molar-refractivity contribution >= 4 is 33.5 Å². The van der Waals surface area contributed by atoms with Gasteiger partial charge in [-0.25, -0.2) is 4.98 Å². The highest BCUT2D eigenvalue weighted by Gasteiger charge is 2.33. The molecule has 1 aliphatic rings. The summed E-state index contributed by atoms with van der Waals surface area (Å²) in [6.45, 7) is 2.68. The van der Waals surface area contributed by atoms with Gasteiger partial charge in [0.15, 0.2) is 0 Å². The summed E-state index contributed by atoms with van der Waals surface area (Å²) in [5.74, 6) is 0.892. The number of hydrogen-bond donors (Lipinski definition) is 1. The Kier molecular flexibility index (Phi) is 4.47. The molecule has 0 radical (unpaired) electrons. The average molecular weight is 377 g/mol. The molecule has 2 heterocycles. The van der Waals surface area contributed by atoms with Crippen LogP contribution in [0.15, 0.2) is 34.9 Å². The van der Waals surface area contributed by atoms with Gasteiger partial charge in [0, 0.05) is 29.0 Å². The Morgan fingerprint density at radius 1 is 1.39 bits per heavy atom. The molecule has 1 N–H and O–H groups in total. The molecule has 23 heavy (non-hydrogen) atoms. The molecule has 0 saturated carbocycles.